The first-order chi connectivity index (χ1) is 15.7. The van der Waals surface area contributed by atoms with Crippen LogP contribution >= 0.6 is 0 Å². The Bertz CT molecular complexity index is 1170. The molecule has 3 heterocycles. The topological polar surface area (TPSA) is 75.2 Å². The average molecular weight is 456 g/mol. The van der Waals surface area contributed by atoms with Crippen molar-refractivity contribution in [3.8, 4) is 0 Å². The van der Waals surface area contributed by atoms with Crippen molar-refractivity contribution in [2.75, 3.05) is 20.1 Å². The average Bonchev–Trinajstić information content (AvgIpc) is 2.78. The van der Waals surface area contributed by atoms with Gasteiger partial charge in [-0.3, -0.25) is 24.5 Å². The minimum Gasteiger partial charge on any atom is -0.354 e. The Morgan fingerprint density at radius 3 is 2.61 bits per heavy atom. The molecule has 0 saturated heterocycles. The Morgan fingerprint density at radius 2 is 2.00 bits per heavy atom. The van der Waals surface area contributed by atoms with Gasteiger partial charge in [-0.25, -0.2) is 0 Å². The third kappa shape index (κ3) is 4.73. The summed E-state index contributed by atoms with van der Waals surface area (Å²) < 4.78 is 39.6. The van der Waals surface area contributed by atoms with Crippen LogP contribution in [0.25, 0.3) is 11.1 Å². The van der Waals surface area contributed by atoms with E-state index in [0.29, 0.717) is 24.3 Å². The molecule has 1 N–H and O–H groups in total. The summed E-state index contributed by atoms with van der Waals surface area (Å²) in [4.78, 5) is 34.4. The lowest BCUT2D eigenvalue weighted by Crippen LogP contribution is -2.29. The van der Waals surface area contributed by atoms with Crippen LogP contribution in [0.4, 0.5) is 13.2 Å². The van der Waals surface area contributed by atoms with Gasteiger partial charge < -0.3 is 5.32 Å². The van der Waals surface area contributed by atoms with E-state index in [-0.39, 0.29) is 23.6 Å². The van der Waals surface area contributed by atoms with Gasteiger partial charge >= 0.3 is 6.18 Å². The van der Waals surface area contributed by atoms with E-state index in [2.05, 4.69) is 26.3 Å². The van der Waals surface area contributed by atoms with Gasteiger partial charge in [-0.2, -0.15) is 13.2 Å². The number of nitrogens with zero attached hydrogens (tertiary/aromatic N) is 3. The third-order valence-electron chi connectivity index (χ3n) is 5.96. The van der Waals surface area contributed by atoms with E-state index in [9.17, 15) is 22.8 Å². The number of fused-ring (bicyclic) bond motifs is 1. The second kappa shape index (κ2) is 8.90. The van der Waals surface area contributed by atoms with E-state index in [1.807, 2.05) is 6.07 Å². The van der Waals surface area contributed by atoms with Gasteiger partial charge in [0.15, 0.2) is 5.78 Å². The highest BCUT2D eigenvalue weighted by atomic mass is 19.4. The Hall–Kier alpha value is -3.33. The zero-order valence-electron chi connectivity index (χ0n) is 18.3. The highest BCUT2D eigenvalue weighted by Gasteiger charge is 2.42. The molecule has 0 unspecified atom stereocenters. The minimum absolute atomic E-state index is 0.109. The number of alkyl halides is 3. The number of rotatable bonds is 4. The Morgan fingerprint density at radius 1 is 1.21 bits per heavy atom. The van der Waals surface area contributed by atoms with Crippen LogP contribution in [0.1, 0.15) is 46.2 Å². The van der Waals surface area contributed by atoms with Gasteiger partial charge in [-0.15, -0.1) is 0 Å². The Balaban J connectivity index is 1.45. The molecule has 0 saturated carbocycles. The van der Waals surface area contributed by atoms with Gasteiger partial charge in [0.05, 0.1) is 5.69 Å². The molecule has 0 fully saturated rings. The molecule has 2 aromatic heterocycles. The number of hydrogen-bond acceptors (Lipinski definition) is 5. The largest absolute Gasteiger partial charge is 0.420 e. The number of nitrogens with one attached hydrogen (secondary N) is 1. The molecule has 0 spiro atoms. The number of hydrogen-bond donors (Lipinski definition) is 1. The molecule has 1 aliphatic carbocycles. The second-order valence-corrected chi connectivity index (χ2v) is 8.17. The summed E-state index contributed by atoms with van der Waals surface area (Å²) in [5.74, 6) is -1.14. The van der Waals surface area contributed by atoms with E-state index in [1.165, 1.54) is 6.92 Å². The molecule has 2 aromatic rings. The van der Waals surface area contributed by atoms with Crippen LogP contribution in [0.5, 0.6) is 0 Å². The van der Waals surface area contributed by atoms with Crippen molar-refractivity contribution in [2.24, 2.45) is 0 Å². The maximum Gasteiger partial charge on any atom is 0.420 e. The van der Waals surface area contributed by atoms with Gasteiger partial charge in [0.2, 0.25) is 0 Å². The monoisotopic (exact) mass is 456 g/mol. The number of carbonyl (C=O) groups excluding carboxylic acids is 2. The molecule has 172 valence electrons. The van der Waals surface area contributed by atoms with Crippen molar-refractivity contribution in [3.63, 3.8) is 0 Å². The van der Waals surface area contributed by atoms with Crippen molar-refractivity contribution < 1.29 is 22.8 Å². The fourth-order valence-corrected chi connectivity index (χ4v) is 4.30. The number of allylic oxidation sites excluding steroid dienone is 2. The van der Waals surface area contributed by atoms with Crippen LogP contribution in [-0.4, -0.2) is 52.9 Å². The number of pyridine rings is 2. The number of halogens is 3. The molecule has 0 aromatic carbocycles. The molecule has 9 heteroatoms. The molecule has 0 radical (unpaired) electrons. The van der Waals surface area contributed by atoms with Crippen molar-refractivity contribution in [3.05, 3.63) is 70.3 Å². The highest BCUT2D eigenvalue weighted by molar-refractivity contribution is 6.07. The summed E-state index contributed by atoms with van der Waals surface area (Å²) in [5, 5.41) is 2.54. The zero-order valence-corrected chi connectivity index (χ0v) is 18.3. The standard InChI is InChI=1S/C24H23F3N4O2/c1-14-21(24(25,26)27)20(32)10-18-9-15(11-30-22(14)18)13-31-7-5-16(6-8-31)17-3-4-19(29-12-17)23(33)28-2/h3-5,9,11-12H,6-8,10,13H2,1-2H3,(H,28,33). The molecule has 1 amide bonds. The number of carbonyl (C=O) groups is 2. The van der Waals surface area contributed by atoms with Crippen molar-refractivity contribution in [2.45, 2.75) is 32.5 Å². The maximum atomic E-state index is 13.2. The van der Waals surface area contributed by atoms with Crippen LogP contribution in [-0.2, 0) is 17.8 Å². The Kier molecular flexibility index (Phi) is 6.16. The summed E-state index contributed by atoms with van der Waals surface area (Å²) in [6, 6.07) is 5.37. The van der Waals surface area contributed by atoms with E-state index in [1.54, 1.807) is 31.6 Å². The smallest absolute Gasteiger partial charge is 0.354 e. The molecule has 2 aliphatic rings. The van der Waals surface area contributed by atoms with E-state index in [4.69, 9.17) is 0 Å². The molecule has 6 nitrogen and oxygen atoms in total. The van der Waals surface area contributed by atoms with Gasteiger partial charge in [-0.05, 0) is 47.2 Å². The quantitative estimate of drug-likeness (QED) is 0.761. The lowest BCUT2D eigenvalue weighted by atomic mass is 9.88. The SMILES string of the molecule is CNC(=O)c1ccc(C2=CCN(Cc3cnc4c(c3)CC(=O)C(C(F)(F)F)=C4C)CC2)cn1. The number of Topliss-reactive ketones (excluding diaryl/α,β-unsaturated/α-hetero) is 1. The predicted molar refractivity (Wildman–Crippen MR) is 117 cm³/mol. The first-order valence-electron chi connectivity index (χ1n) is 10.6. The predicted octanol–water partition coefficient (Wildman–Crippen LogP) is 3.59. The van der Waals surface area contributed by atoms with Gasteiger partial charge in [-0.1, -0.05) is 18.2 Å². The van der Waals surface area contributed by atoms with Gasteiger partial charge in [0.1, 0.15) is 11.3 Å². The maximum absolute atomic E-state index is 13.2. The van der Waals surface area contributed by atoms with E-state index >= 15 is 0 Å². The van der Waals surface area contributed by atoms with E-state index < -0.39 is 17.5 Å². The second-order valence-electron chi connectivity index (χ2n) is 8.17. The lowest BCUT2D eigenvalue weighted by Gasteiger charge is -2.27. The third-order valence-corrected chi connectivity index (χ3v) is 5.96. The summed E-state index contributed by atoms with van der Waals surface area (Å²) in [5.41, 5.74) is 2.93. The molecule has 1 aliphatic heterocycles. The first kappa shape index (κ1) is 22.8. The summed E-state index contributed by atoms with van der Waals surface area (Å²) in [6.07, 6.45) is 1.24. The first-order valence-corrected chi connectivity index (χ1v) is 10.6. The number of ketones is 1. The molecular formula is C24H23F3N4O2. The highest BCUT2D eigenvalue weighted by Crippen LogP contribution is 2.37. The number of amides is 1. The fourth-order valence-electron chi connectivity index (χ4n) is 4.30. The van der Waals surface area contributed by atoms with Crippen LogP contribution in [0.2, 0.25) is 0 Å². The van der Waals surface area contributed by atoms with Crippen LogP contribution in [0.3, 0.4) is 0 Å². The zero-order chi connectivity index (χ0) is 23.8. The van der Waals surface area contributed by atoms with Crippen LogP contribution < -0.4 is 5.32 Å². The molecular weight excluding hydrogens is 433 g/mol. The van der Waals surface area contributed by atoms with Gasteiger partial charge in [0.25, 0.3) is 5.91 Å². The molecule has 4 rings (SSSR count). The summed E-state index contributed by atoms with van der Waals surface area (Å²) in [6.45, 7) is 3.37. The van der Waals surface area contributed by atoms with Crippen molar-refractivity contribution in [1.82, 2.24) is 20.2 Å². The summed E-state index contributed by atoms with van der Waals surface area (Å²) >= 11 is 0. The molecule has 0 bridgehead atoms. The Labute approximate surface area is 189 Å². The normalized spacial score (nSPS) is 17.0. The molecule has 33 heavy (non-hydrogen) atoms. The summed E-state index contributed by atoms with van der Waals surface area (Å²) in [7, 11) is 1.56. The number of aromatic nitrogens is 2. The van der Waals surface area contributed by atoms with Gasteiger partial charge in [0, 0.05) is 45.5 Å². The van der Waals surface area contributed by atoms with Crippen molar-refractivity contribution >= 4 is 22.8 Å². The minimum atomic E-state index is -4.67. The van der Waals surface area contributed by atoms with Crippen LogP contribution in [0.15, 0.2) is 42.2 Å². The van der Waals surface area contributed by atoms with Crippen molar-refractivity contribution in [1.29, 1.82) is 0 Å². The molecule has 0 atom stereocenters. The van der Waals surface area contributed by atoms with E-state index in [0.717, 1.165) is 29.7 Å². The van der Waals surface area contributed by atoms with Crippen LogP contribution in [0, 0.1) is 0 Å². The lowest BCUT2D eigenvalue weighted by molar-refractivity contribution is -0.128. The fraction of sp³-hybridized carbons (Fsp3) is 0.333.